The lowest BCUT2D eigenvalue weighted by molar-refractivity contribution is 0.0527. The predicted molar refractivity (Wildman–Crippen MR) is 132 cm³/mol. The molecule has 1 N–H and O–H groups in total. The number of benzene rings is 3. The fourth-order valence-corrected chi connectivity index (χ4v) is 4.96. The molecule has 34 heavy (non-hydrogen) atoms. The third-order valence-corrected chi connectivity index (χ3v) is 7.10. The minimum absolute atomic E-state index is 0.214. The van der Waals surface area contributed by atoms with Crippen LogP contribution in [0.5, 0.6) is 0 Å². The Kier molecular flexibility index (Phi) is 6.76. The van der Waals surface area contributed by atoms with E-state index in [1.807, 2.05) is 0 Å². The zero-order chi connectivity index (χ0) is 24.3. The van der Waals surface area contributed by atoms with Crippen LogP contribution in [0.2, 0.25) is 0 Å². The van der Waals surface area contributed by atoms with E-state index >= 15 is 0 Å². The van der Waals surface area contributed by atoms with Crippen LogP contribution in [0.4, 0.5) is 15.2 Å². The second kappa shape index (κ2) is 9.74. The summed E-state index contributed by atoms with van der Waals surface area (Å²) in [5.41, 5.74) is 2.98. The number of anilines is 2. The molecule has 4 rings (SSSR count). The molecule has 9 heteroatoms. The van der Waals surface area contributed by atoms with E-state index in [2.05, 4.69) is 5.32 Å². The number of sulfone groups is 1. The van der Waals surface area contributed by atoms with Crippen molar-refractivity contribution in [1.29, 1.82) is 0 Å². The van der Waals surface area contributed by atoms with Gasteiger partial charge in [0.2, 0.25) is 0 Å². The number of nitrogens with zero attached hydrogens (tertiary/aromatic N) is 1. The van der Waals surface area contributed by atoms with Gasteiger partial charge in [-0.15, -0.1) is 0 Å². The van der Waals surface area contributed by atoms with Crippen molar-refractivity contribution in [2.24, 2.45) is 0 Å². The van der Waals surface area contributed by atoms with Gasteiger partial charge in [0, 0.05) is 11.8 Å². The van der Waals surface area contributed by atoms with E-state index in [1.54, 1.807) is 67.6 Å². The molecule has 0 unspecified atom stereocenters. The molecule has 1 aromatic heterocycles. The number of ether oxygens (including phenoxy) is 1. The van der Waals surface area contributed by atoms with E-state index in [-0.39, 0.29) is 17.3 Å². The lowest BCUT2D eigenvalue weighted by Crippen LogP contribution is -2.07. The molecule has 4 aromatic rings. The van der Waals surface area contributed by atoms with Gasteiger partial charge in [-0.25, -0.2) is 22.6 Å². The van der Waals surface area contributed by atoms with Crippen LogP contribution in [0.15, 0.2) is 77.7 Å². The van der Waals surface area contributed by atoms with Gasteiger partial charge >= 0.3 is 5.97 Å². The number of hydrogen-bond acceptors (Lipinski definition) is 7. The molecule has 1 heterocycles. The van der Waals surface area contributed by atoms with Crippen molar-refractivity contribution in [3.05, 3.63) is 84.2 Å². The van der Waals surface area contributed by atoms with E-state index < -0.39 is 15.8 Å². The molecule has 0 aliphatic heterocycles. The molecule has 3 aromatic carbocycles. The summed E-state index contributed by atoms with van der Waals surface area (Å²) in [5, 5.41) is 3.71. The van der Waals surface area contributed by atoms with Crippen molar-refractivity contribution in [2.45, 2.75) is 11.8 Å². The maximum absolute atomic E-state index is 13.5. The van der Waals surface area contributed by atoms with Gasteiger partial charge in [0.05, 0.1) is 33.3 Å². The highest BCUT2D eigenvalue weighted by molar-refractivity contribution is 7.90. The van der Waals surface area contributed by atoms with Gasteiger partial charge in [-0.2, -0.15) is 0 Å². The number of para-hydroxylation sites is 1. The van der Waals surface area contributed by atoms with Crippen molar-refractivity contribution < 1.29 is 22.3 Å². The van der Waals surface area contributed by atoms with Gasteiger partial charge < -0.3 is 10.1 Å². The van der Waals surface area contributed by atoms with Crippen LogP contribution in [0.3, 0.4) is 0 Å². The Balaban J connectivity index is 1.78. The molecule has 0 amide bonds. The van der Waals surface area contributed by atoms with Crippen LogP contribution in [0.1, 0.15) is 17.3 Å². The van der Waals surface area contributed by atoms with Crippen molar-refractivity contribution in [3.63, 3.8) is 0 Å². The van der Waals surface area contributed by atoms with Crippen LogP contribution in [-0.2, 0) is 14.6 Å². The summed E-state index contributed by atoms with van der Waals surface area (Å²) >= 11 is 1.34. The third kappa shape index (κ3) is 5.16. The molecule has 0 radical (unpaired) electrons. The minimum atomic E-state index is -3.33. The Morgan fingerprint density at radius 2 is 1.65 bits per heavy atom. The number of carbonyl (C=O) groups is 1. The lowest BCUT2D eigenvalue weighted by Gasteiger charge is -2.09. The van der Waals surface area contributed by atoms with E-state index in [9.17, 15) is 17.6 Å². The monoisotopic (exact) mass is 496 g/mol. The number of thiazole rings is 1. The van der Waals surface area contributed by atoms with Gasteiger partial charge in [0.25, 0.3) is 0 Å². The largest absolute Gasteiger partial charge is 0.462 e. The van der Waals surface area contributed by atoms with Gasteiger partial charge in [-0.05, 0) is 61.0 Å². The Labute approximate surface area is 201 Å². The lowest BCUT2D eigenvalue weighted by atomic mass is 10.1. The maximum Gasteiger partial charge on any atom is 0.340 e. The van der Waals surface area contributed by atoms with E-state index in [0.29, 0.717) is 27.6 Å². The molecule has 0 spiro atoms. The normalized spacial score (nSPS) is 11.3. The van der Waals surface area contributed by atoms with Crippen LogP contribution in [-0.4, -0.2) is 32.2 Å². The van der Waals surface area contributed by atoms with Gasteiger partial charge in [0.15, 0.2) is 15.0 Å². The molecular weight excluding hydrogens is 475 g/mol. The summed E-state index contributed by atoms with van der Waals surface area (Å²) in [6.07, 6.45) is 1.15. The summed E-state index contributed by atoms with van der Waals surface area (Å²) in [6, 6.07) is 19.5. The molecule has 6 nitrogen and oxygen atoms in total. The van der Waals surface area contributed by atoms with Crippen molar-refractivity contribution in [3.8, 4) is 21.7 Å². The Morgan fingerprint density at radius 1 is 1.00 bits per heavy atom. The van der Waals surface area contributed by atoms with E-state index in [1.165, 1.54) is 23.5 Å². The topological polar surface area (TPSA) is 85.4 Å². The highest BCUT2D eigenvalue weighted by Crippen LogP contribution is 2.40. The summed E-state index contributed by atoms with van der Waals surface area (Å²) in [4.78, 5) is 18.0. The SMILES string of the molecule is CCOC(=O)c1ccccc1Nc1nc(-c2ccc(F)cc2)c(-c2ccc(S(C)(=O)=O)cc2)s1. The molecule has 174 valence electrons. The molecule has 0 aliphatic rings. The van der Waals surface area contributed by atoms with Crippen molar-refractivity contribution in [2.75, 3.05) is 18.2 Å². The number of halogens is 1. The van der Waals surface area contributed by atoms with Gasteiger partial charge in [0.1, 0.15) is 5.82 Å². The highest BCUT2D eigenvalue weighted by Gasteiger charge is 2.18. The van der Waals surface area contributed by atoms with E-state index in [0.717, 1.165) is 16.7 Å². The summed E-state index contributed by atoms with van der Waals surface area (Å²) in [7, 11) is -3.33. The quantitative estimate of drug-likeness (QED) is 0.319. The first-order valence-corrected chi connectivity index (χ1v) is 13.1. The molecule has 0 saturated carbocycles. The first-order valence-electron chi connectivity index (χ1n) is 10.4. The Bertz CT molecular complexity index is 1430. The number of aromatic nitrogens is 1. The molecule has 0 atom stereocenters. The standard InChI is InChI=1S/C25H21FN2O4S2/c1-3-32-24(29)20-6-4-5-7-21(20)27-25-28-22(16-8-12-18(26)13-9-16)23(33-25)17-10-14-19(15-11-17)34(2,30)31/h4-15H,3H2,1-2H3,(H,27,28). The van der Waals surface area contributed by atoms with Gasteiger partial charge in [-0.3, -0.25) is 0 Å². The van der Waals surface area contributed by atoms with Crippen LogP contribution in [0, 0.1) is 5.82 Å². The summed E-state index contributed by atoms with van der Waals surface area (Å²) in [5.74, 6) is -0.808. The first-order chi connectivity index (χ1) is 16.3. The maximum atomic E-state index is 13.5. The number of nitrogens with one attached hydrogen (secondary N) is 1. The summed E-state index contributed by atoms with van der Waals surface area (Å²) in [6.45, 7) is 2.00. The number of rotatable bonds is 7. The second-order valence-electron chi connectivity index (χ2n) is 7.39. The fraction of sp³-hybridized carbons (Fsp3) is 0.120. The van der Waals surface area contributed by atoms with Gasteiger partial charge in [-0.1, -0.05) is 35.6 Å². The zero-order valence-electron chi connectivity index (χ0n) is 18.4. The summed E-state index contributed by atoms with van der Waals surface area (Å²) < 4.78 is 42.4. The smallest absolute Gasteiger partial charge is 0.340 e. The fourth-order valence-electron chi connectivity index (χ4n) is 3.32. The van der Waals surface area contributed by atoms with E-state index in [4.69, 9.17) is 9.72 Å². The number of esters is 1. The molecule has 0 aliphatic carbocycles. The molecule has 0 fully saturated rings. The molecular formula is C25H21FN2O4S2. The Hall–Kier alpha value is -3.56. The first kappa shape index (κ1) is 23.6. The average molecular weight is 497 g/mol. The Morgan fingerprint density at radius 3 is 2.29 bits per heavy atom. The number of carbonyl (C=O) groups excluding carboxylic acids is 1. The highest BCUT2D eigenvalue weighted by atomic mass is 32.2. The minimum Gasteiger partial charge on any atom is -0.462 e. The average Bonchev–Trinajstić information content (AvgIpc) is 3.23. The molecule has 0 saturated heterocycles. The third-order valence-electron chi connectivity index (χ3n) is 4.95. The van der Waals surface area contributed by atoms with Crippen LogP contribution < -0.4 is 5.32 Å². The number of hydrogen-bond donors (Lipinski definition) is 1. The zero-order valence-corrected chi connectivity index (χ0v) is 20.0. The van der Waals surface area contributed by atoms with Crippen LogP contribution in [0.25, 0.3) is 21.7 Å². The van der Waals surface area contributed by atoms with Crippen molar-refractivity contribution >= 4 is 38.0 Å². The second-order valence-corrected chi connectivity index (χ2v) is 10.4. The van der Waals surface area contributed by atoms with Crippen molar-refractivity contribution in [1.82, 2.24) is 4.98 Å². The van der Waals surface area contributed by atoms with Crippen LogP contribution >= 0.6 is 11.3 Å². The molecule has 0 bridgehead atoms. The predicted octanol–water partition coefficient (Wildman–Crippen LogP) is 5.94.